The zero-order valence-electron chi connectivity index (χ0n) is 17.6. The van der Waals surface area contributed by atoms with Crippen molar-refractivity contribution in [2.24, 2.45) is 0 Å². The molecule has 150 valence electrons. The first kappa shape index (κ1) is 17.6. The number of rotatable bonds is 2. The maximum absolute atomic E-state index is 2.46. The van der Waals surface area contributed by atoms with Crippen molar-refractivity contribution < 1.29 is 0 Å². The predicted molar refractivity (Wildman–Crippen MR) is 134 cm³/mol. The number of nitrogens with zero attached hydrogens (tertiary/aromatic N) is 1. The van der Waals surface area contributed by atoms with Crippen LogP contribution >= 0.6 is 0 Å². The van der Waals surface area contributed by atoms with Crippen molar-refractivity contribution in [1.29, 1.82) is 0 Å². The molecule has 1 aliphatic carbocycles. The molecule has 0 spiro atoms. The summed E-state index contributed by atoms with van der Waals surface area (Å²) >= 11 is 0. The lowest BCUT2D eigenvalue weighted by molar-refractivity contribution is 1.01. The molecule has 32 heavy (non-hydrogen) atoms. The van der Waals surface area contributed by atoms with Crippen LogP contribution in [0.4, 0.5) is 0 Å². The van der Waals surface area contributed by atoms with Crippen molar-refractivity contribution in [2.75, 3.05) is 0 Å². The van der Waals surface area contributed by atoms with Crippen molar-refractivity contribution in [3.05, 3.63) is 138 Å². The summed E-state index contributed by atoms with van der Waals surface area (Å²) in [5.41, 5.74) is 10.6. The summed E-state index contributed by atoms with van der Waals surface area (Å²) in [6.07, 6.45) is 0. The zero-order chi connectivity index (χ0) is 21.1. The smallest absolute Gasteiger partial charge is 0.0588 e. The lowest BCUT2D eigenvalue weighted by Gasteiger charge is -2.17. The maximum atomic E-state index is 2.46. The SMILES string of the molecule is c1ccc(C2c3ccccc3-c3ccc4c5ccccc5n(-c5ccccc5)c4c32)cc1. The second kappa shape index (κ2) is 6.70. The Morgan fingerprint density at radius 2 is 1.19 bits per heavy atom. The highest BCUT2D eigenvalue weighted by Gasteiger charge is 2.33. The number of fused-ring (bicyclic) bond motifs is 7. The largest absolute Gasteiger partial charge is 0.309 e. The summed E-state index contributed by atoms with van der Waals surface area (Å²) in [4.78, 5) is 0. The first-order chi connectivity index (χ1) is 15.9. The van der Waals surface area contributed by atoms with Crippen LogP contribution in [-0.2, 0) is 0 Å². The van der Waals surface area contributed by atoms with E-state index in [0.29, 0.717) is 0 Å². The molecule has 7 rings (SSSR count). The highest BCUT2D eigenvalue weighted by molar-refractivity contribution is 6.13. The van der Waals surface area contributed by atoms with Gasteiger partial charge in [0.2, 0.25) is 0 Å². The first-order valence-electron chi connectivity index (χ1n) is 11.2. The zero-order valence-corrected chi connectivity index (χ0v) is 17.6. The van der Waals surface area contributed by atoms with Gasteiger partial charge in [-0.25, -0.2) is 0 Å². The molecule has 1 aliphatic rings. The van der Waals surface area contributed by atoms with Crippen molar-refractivity contribution in [3.63, 3.8) is 0 Å². The molecule has 1 heteroatoms. The molecule has 0 aliphatic heterocycles. The van der Waals surface area contributed by atoms with Gasteiger partial charge >= 0.3 is 0 Å². The second-order valence-electron chi connectivity index (χ2n) is 8.54. The van der Waals surface area contributed by atoms with Crippen molar-refractivity contribution in [2.45, 2.75) is 5.92 Å². The molecule has 1 unspecified atom stereocenters. The van der Waals surface area contributed by atoms with E-state index in [1.165, 1.54) is 55.3 Å². The van der Waals surface area contributed by atoms with Gasteiger partial charge in [0, 0.05) is 22.4 Å². The Morgan fingerprint density at radius 3 is 2.03 bits per heavy atom. The molecule has 6 aromatic rings. The fourth-order valence-electron chi connectivity index (χ4n) is 5.60. The van der Waals surface area contributed by atoms with Gasteiger partial charge in [-0.05, 0) is 46.0 Å². The van der Waals surface area contributed by atoms with Gasteiger partial charge in [0.05, 0.1) is 11.0 Å². The third kappa shape index (κ3) is 2.34. The van der Waals surface area contributed by atoms with E-state index < -0.39 is 0 Å². The summed E-state index contributed by atoms with van der Waals surface area (Å²) in [7, 11) is 0. The van der Waals surface area contributed by atoms with Crippen LogP contribution in [0.3, 0.4) is 0 Å². The Kier molecular flexibility index (Phi) is 3.68. The van der Waals surface area contributed by atoms with Crippen LogP contribution in [0.2, 0.25) is 0 Å². The van der Waals surface area contributed by atoms with Gasteiger partial charge in [0.15, 0.2) is 0 Å². The first-order valence-corrected chi connectivity index (χ1v) is 11.2. The van der Waals surface area contributed by atoms with Crippen LogP contribution in [0.5, 0.6) is 0 Å². The molecule has 0 amide bonds. The van der Waals surface area contributed by atoms with Crippen LogP contribution in [0.1, 0.15) is 22.6 Å². The summed E-state index contributed by atoms with van der Waals surface area (Å²) in [5.74, 6) is 0.220. The number of aromatic nitrogens is 1. The quantitative estimate of drug-likeness (QED) is 0.274. The molecule has 0 radical (unpaired) electrons. The van der Waals surface area contributed by atoms with E-state index in [1.807, 2.05) is 0 Å². The van der Waals surface area contributed by atoms with Gasteiger partial charge in [-0.15, -0.1) is 0 Å². The molecule has 1 atom stereocenters. The van der Waals surface area contributed by atoms with Crippen LogP contribution in [0.15, 0.2) is 121 Å². The maximum Gasteiger partial charge on any atom is 0.0588 e. The minimum atomic E-state index is 0.220. The molecule has 0 bridgehead atoms. The summed E-state index contributed by atoms with van der Waals surface area (Å²) in [5, 5.41) is 2.62. The lowest BCUT2D eigenvalue weighted by atomic mass is 9.88. The Labute approximate surface area is 187 Å². The van der Waals surface area contributed by atoms with Crippen LogP contribution < -0.4 is 0 Å². The molecule has 0 N–H and O–H groups in total. The van der Waals surface area contributed by atoms with E-state index in [1.54, 1.807) is 0 Å². The normalized spacial score (nSPS) is 14.6. The van der Waals surface area contributed by atoms with Gasteiger partial charge in [-0.1, -0.05) is 103 Å². The highest BCUT2D eigenvalue weighted by Crippen LogP contribution is 2.52. The number of hydrogen-bond acceptors (Lipinski definition) is 0. The van der Waals surface area contributed by atoms with Gasteiger partial charge in [0.1, 0.15) is 0 Å². The van der Waals surface area contributed by atoms with Gasteiger partial charge in [-0.2, -0.15) is 0 Å². The number of hydrogen-bond donors (Lipinski definition) is 0. The van der Waals surface area contributed by atoms with Gasteiger partial charge in [0.25, 0.3) is 0 Å². The highest BCUT2D eigenvalue weighted by atomic mass is 15.0. The van der Waals surface area contributed by atoms with E-state index in [4.69, 9.17) is 0 Å². The lowest BCUT2D eigenvalue weighted by Crippen LogP contribution is -2.03. The van der Waals surface area contributed by atoms with E-state index >= 15 is 0 Å². The van der Waals surface area contributed by atoms with Gasteiger partial charge < -0.3 is 4.57 Å². The summed E-state index contributed by atoms with van der Waals surface area (Å²) in [6.45, 7) is 0. The fourth-order valence-corrected chi connectivity index (χ4v) is 5.60. The Bertz CT molecular complexity index is 1610. The monoisotopic (exact) mass is 407 g/mol. The third-order valence-electron chi connectivity index (χ3n) is 6.87. The minimum absolute atomic E-state index is 0.220. The Morgan fingerprint density at radius 1 is 0.500 bits per heavy atom. The molecule has 1 heterocycles. The molecule has 1 aromatic heterocycles. The second-order valence-corrected chi connectivity index (χ2v) is 8.54. The Hall–Kier alpha value is -4.10. The molecule has 0 saturated heterocycles. The third-order valence-corrected chi connectivity index (χ3v) is 6.87. The molecule has 0 saturated carbocycles. The minimum Gasteiger partial charge on any atom is -0.309 e. The van der Waals surface area contributed by atoms with Gasteiger partial charge in [-0.3, -0.25) is 0 Å². The average Bonchev–Trinajstić information content (AvgIpc) is 3.38. The van der Waals surface area contributed by atoms with E-state index in [2.05, 4.69) is 126 Å². The molecule has 0 fully saturated rings. The van der Waals surface area contributed by atoms with E-state index in [9.17, 15) is 0 Å². The van der Waals surface area contributed by atoms with E-state index in [0.717, 1.165) is 0 Å². The summed E-state index contributed by atoms with van der Waals surface area (Å²) in [6, 6.07) is 44.1. The number of benzene rings is 5. The van der Waals surface area contributed by atoms with Crippen LogP contribution in [0.25, 0.3) is 38.6 Å². The predicted octanol–water partition coefficient (Wildman–Crippen LogP) is 7.94. The van der Waals surface area contributed by atoms with E-state index in [-0.39, 0.29) is 5.92 Å². The van der Waals surface area contributed by atoms with Crippen LogP contribution in [0, 0.1) is 0 Å². The van der Waals surface area contributed by atoms with Crippen molar-refractivity contribution in [3.8, 4) is 16.8 Å². The molecule has 5 aromatic carbocycles. The molecular formula is C31H21N. The Balaban J connectivity index is 1.69. The van der Waals surface area contributed by atoms with Crippen molar-refractivity contribution in [1.82, 2.24) is 4.57 Å². The summed E-state index contributed by atoms with van der Waals surface area (Å²) < 4.78 is 2.46. The van der Waals surface area contributed by atoms with Crippen molar-refractivity contribution >= 4 is 21.8 Å². The fraction of sp³-hybridized carbons (Fsp3) is 0.0323. The van der Waals surface area contributed by atoms with Crippen LogP contribution in [-0.4, -0.2) is 4.57 Å². The topological polar surface area (TPSA) is 4.93 Å². The molecule has 1 nitrogen and oxygen atoms in total. The standard InChI is InChI=1S/C31H21N/c1-3-11-21(12-4-1)29-25-17-8-7-15-23(25)26-19-20-27-24-16-9-10-18-28(24)32(31(27)30(26)29)22-13-5-2-6-14-22/h1-20,29H. The average molecular weight is 408 g/mol. The molecular weight excluding hydrogens is 386 g/mol. The number of para-hydroxylation sites is 2.